The standard InChI is InChI=1S/C26H21FN2O3/c1-32-26(31)19-10-8-17(9-11-19)15-23(27)21-6-2-3-7-22(21)25(30)29-20-13-12-18-5-4-14-28-24(18)16-20/h2-14,16,23H,15H2,1H3,(H,29,30). The number of rotatable bonds is 6. The summed E-state index contributed by atoms with van der Waals surface area (Å²) in [6.45, 7) is 0. The molecule has 0 saturated heterocycles. The summed E-state index contributed by atoms with van der Waals surface area (Å²) in [5, 5.41) is 3.80. The smallest absolute Gasteiger partial charge is 0.337 e. The summed E-state index contributed by atoms with van der Waals surface area (Å²) < 4.78 is 19.9. The van der Waals surface area contributed by atoms with Gasteiger partial charge in [0, 0.05) is 29.3 Å². The first kappa shape index (κ1) is 21.2. The number of anilines is 1. The van der Waals surface area contributed by atoms with Crippen LogP contribution in [-0.2, 0) is 11.2 Å². The molecule has 0 aliphatic carbocycles. The maximum absolute atomic E-state index is 15.2. The van der Waals surface area contributed by atoms with Gasteiger partial charge in [0.2, 0.25) is 0 Å². The van der Waals surface area contributed by atoms with E-state index in [9.17, 15) is 9.59 Å². The van der Waals surface area contributed by atoms with Crippen molar-refractivity contribution in [2.24, 2.45) is 0 Å². The number of carbonyl (C=O) groups is 2. The van der Waals surface area contributed by atoms with E-state index in [-0.39, 0.29) is 17.9 Å². The largest absolute Gasteiger partial charge is 0.465 e. The lowest BCUT2D eigenvalue weighted by Crippen LogP contribution is -2.15. The molecule has 1 heterocycles. The number of amides is 1. The fourth-order valence-electron chi connectivity index (χ4n) is 3.53. The highest BCUT2D eigenvalue weighted by molar-refractivity contribution is 6.06. The van der Waals surface area contributed by atoms with Crippen LogP contribution in [0.3, 0.4) is 0 Å². The topological polar surface area (TPSA) is 68.3 Å². The van der Waals surface area contributed by atoms with Gasteiger partial charge in [0.25, 0.3) is 5.91 Å². The number of nitrogens with zero attached hydrogens (tertiary/aromatic N) is 1. The molecule has 1 N–H and O–H groups in total. The SMILES string of the molecule is COC(=O)c1ccc(CC(F)c2ccccc2C(=O)Nc2ccc3cccnc3c2)cc1. The minimum atomic E-state index is -1.39. The molecule has 1 unspecified atom stereocenters. The van der Waals surface area contributed by atoms with Crippen LogP contribution >= 0.6 is 0 Å². The molecule has 0 fully saturated rings. The second-order valence-electron chi connectivity index (χ2n) is 7.31. The van der Waals surface area contributed by atoms with Crippen LogP contribution in [0.5, 0.6) is 0 Å². The van der Waals surface area contributed by atoms with Gasteiger partial charge in [0.15, 0.2) is 0 Å². The predicted octanol–water partition coefficient (Wildman–Crippen LogP) is 5.53. The van der Waals surface area contributed by atoms with Crippen molar-refractivity contribution >= 4 is 28.5 Å². The summed E-state index contributed by atoms with van der Waals surface area (Å²) in [7, 11) is 1.31. The van der Waals surface area contributed by atoms with Crippen molar-refractivity contribution in [3.8, 4) is 0 Å². The average molecular weight is 428 g/mol. The molecule has 4 rings (SSSR count). The summed E-state index contributed by atoms with van der Waals surface area (Å²) in [6, 6.07) is 22.4. The van der Waals surface area contributed by atoms with Gasteiger partial charge in [-0.1, -0.05) is 42.5 Å². The Morgan fingerprint density at radius 2 is 1.78 bits per heavy atom. The fraction of sp³-hybridized carbons (Fsp3) is 0.115. The van der Waals surface area contributed by atoms with Gasteiger partial charge in [-0.15, -0.1) is 0 Å². The first-order chi connectivity index (χ1) is 15.5. The second kappa shape index (κ2) is 9.39. The van der Waals surface area contributed by atoms with Crippen molar-refractivity contribution in [3.05, 3.63) is 107 Å². The van der Waals surface area contributed by atoms with Crippen LogP contribution in [0, 0.1) is 0 Å². The Bertz CT molecular complexity index is 1270. The Morgan fingerprint density at radius 1 is 1.00 bits per heavy atom. The molecule has 0 aliphatic rings. The summed E-state index contributed by atoms with van der Waals surface area (Å²) >= 11 is 0. The molecule has 160 valence electrons. The minimum Gasteiger partial charge on any atom is -0.465 e. The monoisotopic (exact) mass is 428 g/mol. The number of carbonyl (C=O) groups excluding carboxylic acids is 2. The fourth-order valence-corrected chi connectivity index (χ4v) is 3.53. The number of nitrogens with one attached hydrogen (secondary N) is 1. The minimum absolute atomic E-state index is 0.0750. The maximum atomic E-state index is 15.2. The quantitative estimate of drug-likeness (QED) is 0.410. The highest BCUT2D eigenvalue weighted by atomic mass is 19.1. The Labute approximate surface area is 184 Å². The summed E-state index contributed by atoms with van der Waals surface area (Å²) in [5.74, 6) is -0.834. The van der Waals surface area contributed by atoms with E-state index in [1.54, 1.807) is 66.9 Å². The lowest BCUT2D eigenvalue weighted by molar-refractivity contribution is 0.0600. The summed E-state index contributed by atoms with van der Waals surface area (Å²) in [6.07, 6.45) is 0.375. The molecule has 0 spiro atoms. The van der Waals surface area contributed by atoms with Crippen LogP contribution < -0.4 is 5.32 Å². The van der Waals surface area contributed by atoms with Crippen molar-refractivity contribution in [1.29, 1.82) is 0 Å². The van der Waals surface area contributed by atoms with Crippen molar-refractivity contribution in [3.63, 3.8) is 0 Å². The van der Waals surface area contributed by atoms with E-state index in [0.717, 1.165) is 10.9 Å². The molecule has 3 aromatic carbocycles. The van der Waals surface area contributed by atoms with Gasteiger partial charge >= 0.3 is 5.97 Å². The Balaban J connectivity index is 1.52. The van der Waals surface area contributed by atoms with Crippen LogP contribution in [0.2, 0.25) is 0 Å². The van der Waals surface area contributed by atoms with Gasteiger partial charge < -0.3 is 10.1 Å². The molecule has 0 bridgehead atoms. The van der Waals surface area contributed by atoms with Crippen LogP contribution in [0.1, 0.15) is 38.0 Å². The van der Waals surface area contributed by atoms with E-state index in [0.29, 0.717) is 22.4 Å². The van der Waals surface area contributed by atoms with Crippen LogP contribution in [0.15, 0.2) is 85.1 Å². The molecule has 4 aromatic rings. The Hall–Kier alpha value is -4.06. The number of esters is 1. The zero-order chi connectivity index (χ0) is 22.5. The predicted molar refractivity (Wildman–Crippen MR) is 121 cm³/mol. The lowest BCUT2D eigenvalue weighted by Gasteiger charge is -2.14. The molecule has 5 nitrogen and oxygen atoms in total. The van der Waals surface area contributed by atoms with Gasteiger partial charge in [0.1, 0.15) is 6.17 Å². The third kappa shape index (κ3) is 4.64. The average Bonchev–Trinajstić information content (AvgIpc) is 2.84. The van der Waals surface area contributed by atoms with Crippen molar-refractivity contribution in [1.82, 2.24) is 4.98 Å². The second-order valence-corrected chi connectivity index (χ2v) is 7.31. The number of fused-ring (bicyclic) bond motifs is 1. The van der Waals surface area contributed by atoms with E-state index in [2.05, 4.69) is 15.0 Å². The number of hydrogen-bond acceptors (Lipinski definition) is 4. The molecule has 6 heteroatoms. The molecule has 1 aromatic heterocycles. The van der Waals surface area contributed by atoms with E-state index in [1.165, 1.54) is 7.11 Å². The Kier molecular flexibility index (Phi) is 6.22. The lowest BCUT2D eigenvalue weighted by atomic mass is 9.97. The number of pyridine rings is 1. The molecule has 1 atom stereocenters. The zero-order valence-electron chi connectivity index (χ0n) is 17.4. The third-order valence-electron chi connectivity index (χ3n) is 5.20. The van der Waals surface area contributed by atoms with E-state index in [4.69, 9.17) is 0 Å². The molecule has 1 amide bonds. The molecule has 0 radical (unpaired) electrons. The number of methoxy groups -OCH3 is 1. The van der Waals surface area contributed by atoms with Gasteiger partial charge in [-0.2, -0.15) is 0 Å². The summed E-state index contributed by atoms with van der Waals surface area (Å²) in [4.78, 5) is 28.8. The highest BCUT2D eigenvalue weighted by Gasteiger charge is 2.19. The van der Waals surface area contributed by atoms with Crippen molar-refractivity contribution < 1.29 is 18.7 Å². The van der Waals surface area contributed by atoms with Gasteiger partial charge in [0.05, 0.1) is 18.2 Å². The van der Waals surface area contributed by atoms with Crippen molar-refractivity contribution in [2.45, 2.75) is 12.6 Å². The van der Waals surface area contributed by atoms with E-state index < -0.39 is 12.1 Å². The molecular formula is C26H21FN2O3. The molecule has 0 aliphatic heterocycles. The molecular weight excluding hydrogens is 407 g/mol. The zero-order valence-corrected chi connectivity index (χ0v) is 17.4. The number of benzene rings is 3. The van der Waals surface area contributed by atoms with Gasteiger partial charge in [-0.25, -0.2) is 9.18 Å². The first-order valence-corrected chi connectivity index (χ1v) is 10.1. The summed E-state index contributed by atoms with van der Waals surface area (Å²) in [5.41, 5.74) is 3.03. The van der Waals surface area contributed by atoms with E-state index in [1.807, 2.05) is 18.2 Å². The number of hydrogen-bond donors (Lipinski definition) is 1. The molecule has 32 heavy (non-hydrogen) atoms. The van der Waals surface area contributed by atoms with Gasteiger partial charge in [-0.3, -0.25) is 9.78 Å². The van der Waals surface area contributed by atoms with Crippen molar-refractivity contribution in [2.75, 3.05) is 12.4 Å². The van der Waals surface area contributed by atoms with Crippen LogP contribution in [0.4, 0.5) is 10.1 Å². The number of alkyl halides is 1. The van der Waals surface area contributed by atoms with Gasteiger partial charge in [-0.05, 0) is 47.5 Å². The van der Waals surface area contributed by atoms with Crippen LogP contribution in [-0.4, -0.2) is 24.0 Å². The maximum Gasteiger partial charge on any atom is 0.337 e. The normalized spacial score (nSPS) is 11.7. The van der Waals surface area contributed by atoms with Crippen LogP contribution in [0.25, 0.3) is 10.9 Å². The van der Waals surface area contributed by atoms with E-state index >= 15 is 4.39 Å². The third-order valence-corrected chi connectivity index (χ3v) is 5.20. The number of aromatic nitrogens is 1. The first-order valence-electron chi connectivity index (χ1n) is 10.1. The Morgan fingerprint density at radius 3 is 2.56 bits per heavy atom. The molecule has 0 saturated carbocycles. The highest BCUT2D eigenvalue weighted by Crippen LogP contribution is 2.27. The number of ether oxygens (including phenoxy) is 1. The number of halogens is 1.